The van der Waals surface area contributed by atoms with Crippen LogP contribution in [0.4, 0.5) is 0 Å². The fraction of sp³-hybridized carbons (Fsp3) is 0.545. The van der Waals surface area contributed by atoms with Gasteiger partial charge in [-0.1, -0.05) is 25.1 Å². The van der Waals surface area contributed by atoms with E-state index in [0.717, 1.165) is 69.1 Å². The summed E-state index contributed by atoms with van der Waals surface area (Å²) < 4.78 is 2.08. The number of rotatable bonds is 6. The van der Waals surface area contributed by atoms with Crippen LogP contribution < -0.4 is 5.32 Å². The minimum Gasteiger partial charge on any atom is -0.331 e. The first kappa shape index (κ1) is 24.7. The molecule has 0 bridgehead atoms. The highest BCUT2D eigenvalue weighted by molar-refractivity contribution is 5.96. The quantitative estimate of drug-likeness (QED) is 0.728. The monoisotopic (exact) mass is 453 g/mol. The number of hydrogen-bond donors (Lipinski definition) is 1. The molecule has 1 amide bonds. The summed E-state index contributed by atoms with van der Waals surface area (Å²) in [4.78, 5) is 17.6. The lowest BCUT2D eigenvalue weighted by atomic mass is 9.93. The summed E-state index contributed by atoms with van der Waals surface area (Å²) >= 11 is 0. The second kappa shape index (κ2) is 11.1. The van der Waals surface area contributed by atoms with E-state index in [1.54, 1.807) is 0 Å². The molecule has 8 heteroatoms. The lowest BCUT2D eigenvalue weighted by Gasteiger charge is -2.29. The van der Waals surface area contributed by atoms with Crippen molar-refractivity contribution in [2.24, 2.45) is 0 Å². The molecule has 2 aliphatic rings. The van der Waals surface area contributed by atoms with Gasteiger partial charge in [-0.2, -0.15) is 5.10 Å². The molecule has 0 spiro atoms. The number of hydrogen-bond acceptors (Lipinski definition) is 4. The Kier molecular flexibility index (Phi) is 9.16. The molecule has 4 rings (SSSR count). The highest BCUT2D eigenvalue weighted by Gasteiger charge is 2.27. The number of nitrogens with zero attached hydrogens (tertiary/aromatic N) is 4. The van der Waals surface area contributed by atoms with Crippen molar-refractivity contribution in [1.29, 1.82) is 0 Å². The summed E-state index contributed by atoms with van der Waals surface area (Å²) in [6.45, 7) is 8.24. The highest BCUT2D eigenvalue weighted by atomic mass is 35.5. The molecule has 1 fully saturated rings. The topological polar surface area (TPSA) is 53.4 Å². The Morgan fingerprint density at radius 1 is 1.27 bits per heavy atom. The van der Waals surface area contributed by atoms with Crippen LogP contribution in [0.2, 0.25) is 0 Å². The van der Waals surface area contributed by atoms with Gasteiger partial charge in [0.25, 0.3) is 5.91 Å². The first-order valence-electron chi connectivity index (χ1n) is 10.5. The second-order valence-electron chi connectivity index (χ2n) is 8.09. The molecule has 1 aromatic heterocycles. The number of nitrogens with one attached hydrogen (secondary N) is 1. The predicted octanol–water partition coefficient (Wildman–Crippen LogP) is 3.30. The van der Waals surface area contributed by atoms with Gasteiger partial charge in [0, 0.05) is 25.2 Å². The number of halogens is 2. The summed E-state index contributed by atoms with van der Waals surface area (Å²) in [7, 11) is 2.13. The lowest BCUT2D eigenvalue weighted by molar-refractivity contribution is 0.0704. The molecule has 1 saturated heterocycles. The maximum Gasteiger partial charge on any atom is 0.254 e. The molecular weight excluding hydrogens is 421 g/mol. The van der Waals surface area contributed by atoms with Crippen molar-refractivity contribution in [3.63, 3.8) is 0 Å². The molecule has 3 heterocycles. The van der Waals surface area contributed by atoms with Crippen molar-refractivity contribution in [2.75, 3.05) is 33.2 Å². The zero-order valence-electron chi connectivity index (χ0n) is 17.8. The Morgan fingerprint density at radius 2 is 2.07 bits per heavy atom. The first-order valence-corrected chi connectivity index (χ1v) is 10.5. The van der Waals surface area contributed by atoms with Gasteiger partial charge in [0.2, 0.25) is 0 Å². The van der Waals surface area contributed by atoms with E-state index in [0.29, 0.717) is 12.5 Å². The van der Waals surface area contributed by atoms with E-state index >= 15 is 0 Å². The lowest BCUT2D eigenvalue weighted by Crippen LogP contribution is -2.38. The van der Waals surface area contributed by atoms with Crippen molar-refractivity contribution in [3.05, 3.63) is 52.8 Å². The molecule has 2 aromatic rings. The van der Waals surface area contributed by atoms with Gasteiger partial charge in [0.05, 0.1) is 24.5 Å². The number of carbonyl (C=O) groups is 1. The molecule has 2 aliphatic heterocycles. The number of benzene rings is 1. The zero-order chi connectivity index (χ0) is 19.5. The fourth-order valence-corrected chi connectivity index (χ4v) is 4.45. The Hall–Kier alpha value is -1.60. The molecule has 30 heavy (non-hydrogen) atoms. The van der Waals surface area contributed by atoms with Crippen molar-refractivity contribution in [2.45, 2.75) is 45.3 Å². The zero-order valence-corrected chi connectivity index (χ0v) is 19.5. The summed E-state index contributed by atoms with van der Waals surface area (Å²) in [5, 5.41) is 8.17. The minimum atomic E-state index is 0. The average Bonchev–Trinajstić information content (AvgIpc) is 3.36. The number of fused-ring (bicyclic) bond motifs is 1. The van der Waals surface area contributed by atoms with E-state index in [4.69, 9.17) is 5.10 Å². The average molecular weight is 454 g/mol. The van der Waals surface area contributed by atoms with E-state index < -0.39 is 0 Å². The molecule has 1 unspecified atom stereocenters. The van der Waals surface area contributed by atoms with Gasteiger partial charge in [-0.15, -0.1) is 24.8 Å². The van der Waals surface area contributed by atoms with Gasteiger partial charge in [-0.25, -0.2) is 0 Å². The van der Waals surface area contributed by atoms with Crippen LogP contribution in [0.1, 0.15) is 53.0 Å². The van der Waals surface area contributed by atoms with Crippen LogP contribution >= 0.6 is 24.8 Å². The van der Waals surface area contributed by atoms with Crippen molar-refractivity contribution < 1.29 is 4.79 Å². The summed E-state index contributed by atoms with van der Waals surface area (Å²) in [6, 6.07) is 10.3. The maximum atomic E-state index is 13.3. The molecule has 1 N–H and O–H groups in total. The van der Waals surface area contributed by atoms with Crippen molar-refractivity contribution >= 4 is 30.7 Å². The van der Waals surface area contributed by atoms with Gasteiger partial charge in [-0.05, 0) is 56.6 Å². The third-order valence-electron chi connectivity index (χ3n) is 5.86. The second-order valence-corrected chi connectivity index (χ2v) is 8.09. The third kappa shape index (κ3) is 5.35. The van der Waals surface area contributed by atoms with Crippen molar-refractivity contribution in [1.82, 2.24) is 24.9 Å². The molecule has 0 aliphatic carbocycles. The molecule has 166 valence electrons. The van der Waals surface area contributed by atoms with Gasteiger partial charge in [0.15, 0.2) is 0 Å². The van der Waals surface area contributed by atoms with Crippen LogP contribution in [-0.4, -0.2) is 58.7 Å². The molecule has 1 atom stereocenters. The molecule has 1 aromatic carbocycles. The SMILES string of the molecule is CCCN(C)Cc1cc2n(n1)CCN(C(=O)c1ccccc1C1CCNC1)C2.Cl.Cl. The van der Waals surface area contributed by atoms with Crippen LogP contribution in [0.5, 0.6) is 0 Å². The number of carbonyl (C=O) groups excluding carboxylic acids is 1. The summed E-state index contributed by atoms with van der Waals surface area (Å²) in [5.74, 6) is 0.593. The molecule has 0 saturated carbocycles. The Morgan fingerprint density at radius 3 is 2.80 bits per heavy atom. The van der Waals surface area contributed by atoms with Crippen LogP contribution in [0.25, 0.3) is 0 Å². The van der Waals surface area contributed by atoms with Gasteiger partial charge in [0.1, 0.15) is 0 Å². The first-order chi connectivity index (χ1) is 13.7. The number of aromatic nitrogens is 2. The fourth-order valence-electron chi connectivity index (χ4n) is 4.45. The number of amides is 1. The summed E-state index contributed by atoms with van der Waals surface area (Å²) in [5.41, 5.74) is 4.29. The normalized spacial score (nSPS) is 18.0. The van der Waals surface area contributed by atoms with Crippen LogP contribution in [0.3, 0.4) is 0 Å². The minimum absolute atomic E-state index is 0. The molecular formula is C22H33Cl2N5O. The Labute approximate surface area is 191 Å². The molecule has 6 nitrogen and oxygen atoms in total. The van der Waals surface area contributed by atoms with Gasteiger partial charge in [-0.3, -0.25) is 9.48 Å². The van der Waals surface area contributed by atoms with E-state index in [-0.39, 0.29) is 30.7 Å². The highest BCUT2D eigenvalue weighted by Crippen LogP contribution is 2.27. The predicted molar refractivity (Wildman–Crippen MR) is 125 cm³/mol. The maximum absolute atomic E-state index is 13.3. The Balaban J connectivity index is 0.00000160. The van der Waals surface area contributed by atoms with Crippen LogP contribution in [0, 0.1) is 0 Å². The van der Waals surface area contributed by atoms with E-state index in [1.165, 1.54) is 5.56 Å². The summed E-state index contributed by atoms with van der Waals surface area (Å²) in [6.07, 6.45) is 2.24. The van der Waals surface area contributed by atoms with E-state index in [9.17, 15) is 4.79 Å². The Bertz CT molecular complexity index is 835. The van der Waals surface area contributed by atoms with Gasteiger partial charge >= 0.3 is 0 Å². The van der Waals surface area contributed by atoms with Gasteiger partial charge < -0.3 is 15.1 Å². The van der Waals surface area contributed by atoms with Crippen LogP contribution in [0.15, 0.2) is 30.3 Å². The van der Waals surface area contributed by atoms with E-state index in [2.05, 4.69) is 47.1 Å². The van der Waals surface area contributed by atoms with E-state index in [1.807, 2.05) is 17.0 Å². The third-order valence-corrected chi connectivity index (χ3v) is 5.86. The molecule has 0 radical (unpaired) electrons. The van der Waals surface area contributed by atoms with Crippen LogP contribution in [-0.2, 0) is 19.6 Å². The standard InChI is InChI=1S/C22H31N5O.2ClH/c1-3-10-25(2)15-18-13-19-16-26(11-12-27(19)24-18)22(28)21-7-5-4-6-20(21)17-8-9-23-14-17;;/h4-7,13,17,23H,3,8-12,14-16H2,1-2H3;2*1H. The largest absolute Gasteiger partial charge is 0.331 e. The van der Waals surface area contributed by atoms with Crippen molar-refractivity contribution in [3.8, 4) is 0 Å². The smallest absolute Gasteiger partial charge is 0.254 e.